The van der Waals surface area contributed by atoms with E-state index in [1.807, 2.05) is 0 Å². The number of rotatable bonds is 6. The zero-order valence-corrected chi connectivity index (χ0v) is 20.4. The van der Waals surface area contributed by atoms with E-state index >= 15 is 0 Å². The van der Waals surface area contributed by atoms with E-state index in [4.69, 9.17) is 27.9 Å². The van der Waals surface area contributed by atoms with Gasteiger partial charge in [0.2, 0.25) is 11.8 Å². The minimum absolute atomic E-state index is 0.120. The summed E-state index contributed by atoms with van der Waals surface area (Å²) in [5, 5.41) is 0.655. The topological polar surface area (TPSA) is 87.2 Å². The second-order valence-corrected chi connectivity index (χ2v) is 9.25. The number of amides is 3. The van der Waals surface area contributed by atoms with Crippen LogP contribution in [0.2, 0.25) is 10.0 Å². The summed E-state index contributed by atoms with van der Waals surface area (Å²) in [5.41, 5.74) is 0.251. The van der Waals surface area contributed by atoms with Crippen LogP contribution in [0, 0.1) is 5.92 Å². The van der Waals surface area contributed by atoms with Gasteiger partial charge in [-0.05, 0) is 50.8 Å². The maximum Gasteiger partial charge on any atom is 0.310 e. The van der Waals surface area contributed by atoms with E-state index < -0.39 is 6.04 Å². The van der Waals surface area contributed by atoms with Gasteiger partial charge in [0.25, 0.3) is 5.91 Å². The van der Waals surface area contributed by atoms with Crippen molar-refractivity contribution in [2.45, 2.75) is 38.6 Å². The summed E-state index contributed by atoms with van der Waals surface area (Å²) in [5.74, 6) is -1.51. The molecule has 33 heavy (non-hydrogen) atoms. The fourth-order valence-corrected chi connectivity index (χ4v) is 4.74. The monoisotopic (exact) mass is 497 g/mol. The van der Waals surface area contributed by atoms with Crippen LogP contribution in [-0.4, -0.2) is 84.3 Å². The first kappa shape index (κ1) is 25.3. The Bertz CT molecular complexity index is 925. The van der Waals surface area contributed by atoms with E-state index in [0.717, 1.165) is 0 Å². The SMILES string of the molecule is CCOC(=O)[C@H]1CCCN(C(=O)CN(C)C(=O)[C@H]2CCCN2C(=O)c2cc(Cl)ccc2Cl)C1. The molecule has 2 aliphatic rings. The van der Waals surface area contributed by atoms with E-state index in [2.05, 4.69) is 0 Å². The molecule has 1 aromatic carbocycles. The lowest BCUT2D eigenvalue weighted by molar-refractivity contribution is -0.152. The Balaban J connectivity index is 1.62. The van der Waals surface area contributed by atoms with E-state index in [0.29, 0.717) is 56.9 Å². The van der Waals surface area contributed by atoms with Crippen LogP contribution in [0.4, 0.5) is 0 Å². The second kappa shape index (κ2) is 11.2. The number of hydrogen-bond acceptors (Lipinski definition) is 5. The maximum absolute atomic E-state index is 13.1. The molecule has 180 valence electrons. The third-order valence-electron chi connectivity index (χ3n) is 6.10. The Morgan fingerprint density at radius 2 is 1.85 bits per heavy atom. The van der Waals surface area contributed by atoms with Crippen LogP contribution < -0.4 is 0 Å². The Morgan fingerprint density at radius 3 is 2.58 bits per heavy atom. The van der Waals surface area contributed by atoms with Crippen molar-refractivity contribution in [3.8, 4) is 0 Å². The van der Waals surface area contributed by atoms with Gasteiger partial charge in [-0.2, -0.15) is 0 Å². The summed E-state index contributed by atoms with van der Waals surface area (Å²) >= 11 is 12.2. The van der Waals surface area contributed by atoms with Crippen LogP contribution in [0.25, 0.3) is 0 Å². The third kappa shape index (κ3) is 5.98. The summed E-state index contributed by atoms with van der Waals surface area (Å²) in [6, 6.07) is 3.98. The molecule has 0 bridgehead atoms. The predicted octanol–water partition coefficient (Wildman–Crippen LogP) is 2.86. The van der Waals surface area contributed by atoms with E-state index in [-0.39, 0.29) is 46.7 Å². The van der Waals surface area contributed by atoms with Gasteiger partial charge in [0.05, 0.1) is 29.7 Å². The van der Waals surface area contributed by atoms with Crippen LogP contribution in [0.15, 0.2) is 18.2 Å². The third-order valence-corrected chi connectivity index (χ3v) is 6.66. The first-order chi connectivity index (χ1) is 15.7. The van der Waals surface area contributed by atoms with Gasteiger partial charge < -0.3 is 19.4 Å². The van der Waals surface area contributed by atoms with Gasteiger partial charge in [0.1, 0.15) is 6.04 Å². The first-order valence-corrected chi connectivity index (χ1v) is 11.9. The highest BCUT2D eigenvalue weighted by atomic mass is 35.5. The molecule has 2 saturated heterocycles. The molecule has 0 radical (unpaired) electrons. The number of benzene rings is 1. The predicted molar refractivity (Wildman–Crippen MR) is 124 cm³/mol. The fraction of sp³-hybridized carbons (Fsp3) is 0.565. The maximum atomic E-state index is 13.1. The van der Waals surface area contributed by atoms with Gasteiger partial charge >= 0.3 is 5.97 Å². The molecule has 0 aromatic heterocycles. The molecule has 2 fully saturated rings. The lowest BCUT2D eigenvalue weighted by Gasteiger charge is -2.33. The van der Waals surface area contributed by atoms with Crippen molar-refractivity contribution < 1.29 is 23.9 Å². The van der Waals surface area contributed by atoms with Crippen LogP contribution in [0.1, 0.15) is 43.0 Å². The number of carbonyl (C=O) groups is 4. The highest BCUT2D eigenvalue weighted by molar-refractivity contribution is 6.35. The average molecular weight is 498 g/mol. The van der Waals surface area contributed by atoms with Gasteiger partial charge in [0.15, 0.2) is 0 Å². The van der Waals surface area contributed by atoms with Crippen molar-refractivity contribution in [2.75, 3.05) is 39.8 Å². The van der Waals surface area contributed by atoms with Crippen molar-refractivity contribution in [3.05, 3.63) is 33.8 Å². The molecule has 0 saturated carbocycles. The van der Waals surface area contributed by atoms with Crippen LogP contribution in [0.3, 0.4) is 0 Å². The normalized spacial score (nSPS) is 20.5. The van der Waals surface area contributed by atoms with Gasteiger partial charge in [0, 0.05) is 31.7 Å². The molecule has 3 amide bonds. The number of esters is 1. The molecule has 2 heterocycles. The molecule has 2 atom stereocenters. The molecule has 2 aliphatic heterocycles. The smallest absolute Gasteiger partial charge is 0.310 e. The molecule has 0 N–H and O–H groups in total. The van der Waals surface area contributed by atoms with E-state index in [1.165, 1.54) is 15.9 Å². The first-order valence-electron chi connectivity index (χ1n) is 11.2. The summed E-state index contributed by atoms with van der Waals surface area (Å²) in [6.45, 7) is 3.19. The zero-order valence-electron chi connectivity index (χ0n) is 18.9. The number of nitrogens with zero attached hydrogens (tertiary/aromatic N) is 3. The molecular formula is C23H29Cl2N3O5. The van der Waals surface area contributed by atoms with Crippen molar-refractivity contribution in [1.82, 2.24) is 14.7 Å². The van der Waals surface area contributed by atoms with Crippen molar-refractivity contribution in [1.29, 1.82) is 0 Å². The number of piperidine rings is 1. The lowest BCUT2D eigenvalue weighted by Crippen LogP contribution is -2.51. The van der Waals surface area contributed by atoms with Crippen molar-refractivity contribution in [3.63, 3.8) is 0 Å². The van der Waals surface area contributed by atoms with Gasteiger partial charge in [-0.25, -0.2) is 0 Å². The Labute approximate surface area is 203 Å². The zero-order chi connectivity index (χ0) is 24.1. The molecular weight excluding hydrogens is 469 g/mol. The number of carbonyl (C=O) groups excluding carboxylic acids is 4. The molecule has 0 aliphatic carbocycles. The molecule has 10 heteroatoms. The average Bonchev–Trinajstić information content (AvgIpc) is 3.29. The van der Waals surface area contributed by atoms with Crippen LogP contribution in [0.5, 0.6) is 0 Å². The lowest BCUT2D eigenvalue weighted by atomic mass is 9.98. The highest BCUT2D eigenvalue weighted by Crippen LogP contribution is 2.27. The van der Waals surface area contributed by atoms with Crippen LogP contribution in [-0.2, 0) is 19.1 Å². The number of likely N-dealkylation sites (tertiary alicyclic amines) is 2. The summed E-state index contributed by atoms with van der Waals surface area (Å²) in [6.07, 6.45) is 2.58. The summed E-state index contributed by atoms with van der Waals surface area (Å²) < 4.78 is 5.09. The second-order valence-electron chi connectivity index (χ2n) is 8.41. The van der Waals surface area contributed by atoms with E-state index in [1.54, 1.807) is 31.0 Å². The number of halogens is 2. The van der Waals surface area contributed by atoms with Crippen molar-refractivity contribution in [2.24, 2.45) is 5.92 Å². The fourth-order valence-electron chi connectivity index (χ4n) is 4.37. The summed E-state index contributed by atoms with van der Waals surface area (Å²) in [7, 11) is 1.56. The molecule has 3 rings (SSSR count). The molecule has 1 aromatic rings. The Kier molecular flexibility index (Phi) is 8.59. The summed E-state index contributed by atoms with van der Waals surface area (Å²) in [4.78, 5) is 55.6. The minimum atomic E-state index is -0.668. The Morgan fingerprint density at radius 1 is 1.12 bits per heavy atom. The van der Waals surface area contributed by atoms with Gasteiger partial charge in [-0.3, -0.25) is 19.2 Å². The molecule has 0 unspecified atom stereocenters. The van der Waals surface area contributed by atoms with E-state index in [9.17, 15) is 19.2 Å². The Hall–Kier alpha value is -2.32. The number of hydrogen-bond donors (Lipinski definition) is 0. The van der Waals surface area contributed by atoms with Gasteiger partial charge in [-0.15, -0.1) is 0 Å². The van der Waals surface area contributed by atoms with Gasteiger partial charge in [-0.1, -0.05) is 23.2 Å². The molecule has 8 nitrogen and oxygen atoms in total. The molecule has 0 spiro atoms. The van der Waals surface area contributed by atoms with Crippen molar-refractivity contribution >= 4 is 46.9 Å². The standard InChI is InChI=1S/C23H29Cl2N3O5/c1-3-33-23(32)15-6-4-10-27(13-15)20(29)14-26(2)22(31)19-7-5-11-28(19)21(30)17-12-16(24)8-9-18(17)25/h8-9,12,15,19H,3-7,10-11,13-14H2,1-2H3/t15-,19+/m0/s1. The highest BCUT2D eigenvalue weighted by Gasteiger charge is 2.38. The quantitative estimate of drug-likeness (QED) is 0.563. The number of ether oxygens (including phenoxy) is 1. The van der Waals surface area contributed by atoms with Crippen LogP contribution >= 0.6 is 23.2 Å². The largest absolute Gasteiger partial charge is 0.466 e. The number of likely N-dealkylation sites (N-methyl/N-ethyl adjacent to an activating group) is 1. The minimum Gasteiger partial charge on any atom is -0.466 e.